The molecule has 76 heavy (non-hydrogen) atoms. The summed E-state index contributed by atoms with van der Waals surface area (Å²) in [6, 6.07) is 0. The summed E-state index contributed by atoms with van der Waals surface area (Å²) in [5.74, 6) is -0.944. The first-order valence-corrected chi connectivity index (χ1v) is 30.2. The summed E-state index contributed by atoms with van der Waals surface area (Å²) in [5.41, 5.74) is 0. The first kappa shape index (κ1) is 69.6. The van der Waals surface area contributed by atoms with Gasteiger partial charge in [-0.3, -0.25) is 9.59 Å². The highest BCUT2D eigenvalue weighted by Gasteiger charge is 2.47. The molecule has 11 unspecified atom stereocenters. The van der Waals surface area contributed by atoms with Crippen LogP contribution in [0, 0.1) is 0 Å². The van der Waals surface area contributed by atoms with E-state index in [1.165, 1.54) is 122 Å². The molecule has 442 valence electrons. The molecule has 2 aliphatic heterocycles. The van der Waals surface area contributed by atoms with E-state index in [1.807, 2.05) is 0 Å². The number of ether oxygens (including phenoxy) is 6. The number of unbranched alkanes of at least 4 members (excludes halogenated alkanes) is 26. The first-order chi connectivity index (χ1) is 37.0. The van der Waals surface area contributed by atoms with Gasteiger partial charge in [0.1, 0.15) is 55.4 Å². The largest absolute Gasteiger partial charge is 0.462 e. The van der Waals surface area contributed by atoms with Crippen LogP contribution in [-0.2, 0) is 38.0 Å². The van der Waals surface area contributed by atoms with Gasteiger partial charge in [0.15, 0.2) is 18.7 Å². The van der Waals surface area contributed by atoms with Crippen molar-refractivity contribution in [3.8, 4) is 0 Å². The van der Waals surface area contributed by atoms with Crippen molar-refractivity contribution >= 4 is 11.9 Å². The molecule has 15 nitrogen and oxygen atoms in total. The number of esters is 2. The maximum Gasteiger partial charge on any atom is 0.306 e. The predicted octanol–water partition coefficient (Wildman–Crippen LogP) is 10.6. The number of hydrogen-bond acceptors (Lipinski definition) is 15. The molecule has 2 heterocycles. The van der Waals surface area contributed by atoms with E-state index >= 15 is 0 Å². The van der Waals surface area contributed by atoms with Crippen LogP contribution in [0.5, 0.6) is 0 Å². The molecule has 0 bridgehead atoms. The van der Waals surface area contributed by atoms with Crippen molar-refractivity contribution in [1.29, 1.82) is 0 Å². The van der Waals surface area contributed by atoms with Crippen LogP contribution in [0.4, 0.5) is 0 Å². The van der Waals surface area contributed by atoms with Crippen molar-refractivity contribution in [2.24, 2.45) is 0 Å². The van der Waals surface area contributed by atoms with Gasteiger partial charge in [-0.1, -0.05) is 217 Å². The standard InChI is InChI=1S/C61H108O15/c1-3-5-7-9-11-13-15-17-19-21-22-23-24-25-26-28-29-31-33-35-37-39-41-43-52(63)71-46-49(74-53(64)44-42-40-38-36-34-32-30-27-20-18-16-14-12-10-8-6-4-2)47-72-60-59(70)57(68)55(66)51(76-60)48-73-61-58(69)56(67)54(65)50(45-62)75-61/h6,8,12,14,18,20,30,32,49-51,54-62,65-70H,3-5,7,9-11,13,15-17,19,21-29,31,33-48H2,1-2H3/b8-6-,14-12-,20-18-,32-30-. The maximum absolute atomic E-state index is 13.1. The zero-order valence-corrected chi connectivity index (χ0v) is 47.2. The van der Waals surface area contributed by atoms with Gasteiger partial charge in [-0.2, -0.15) is 0 Å². The van der Waals surface area contributed by atoms with Gasteiger partial charge in [0.05, 0.1) is 19.8 Å². The second kappa shape index (κ2) is 47.3. The van der Waals surface area contributed by atoms with Crippen molar-refractivity contribution < 1.29 is 73.8 Å². The van der Waals surface area contributed by atoms with Gasteiger partial charge in [0.25, 0.3) is 0 Å². The molecule has 0 saturated carbocycles. The zero-order valence-electron chi connectivity index (χ0n) is 47.2. The van der Waals surface area contributed by atoms with Crippen LogP contribution in [0.1, 0.15) is 232 Å². The minimum absolute atomic E-state index is 0.138. The summed E-state index contributed by atoms with van der Waals surface area (Å²) in [4.78, 5) is 25.9. The van der Waals surface area contributed by atoms with E-state index in [4.69, 9.17) is 28.4 Å². The van der Waals surface area contributed by atoms with Crippen LogP contribution in [0.15, 0.2) is 48.6 Å². The van der Waals surface area contributed by atoms with Crippen molar-refractivity contribution in [3.63, 3.8) is 0 Å². The summed E-state index contributed by atoms with van der Waals surface area (Å²) in [7, 11) is 0. The predicted molar refractivity (Wildman–Crippen MR) is 298 cm³/mol. The molecule has 7 N–H and O–H groups in total. The molecule has 0 aliphatic carbocycles. The van der Waals surface area contributed by atoms with Crippen LogP contribution < -0.4 is 0 Å². The zero-order chi connectivity index (χ0) is 55.3. The summed E-state index contributed by atoms with van der Waals surface area (Å²) in [5, 5.41) is 72.3. The Morgan fingerprint density at radius 2 is 0.829 bits per heavy atom. The van der Waals surface area contributed by atoms with Gasteiger partial charge < -0.3 is 64.2 Å². The average molecular weight is 1080 g/mol. The first-order valence-electron chi connectivity index (χ1n) is 30.2. The topological polar surface area (TPSA) is 231 Å². The minimum Gasteiger partial charge on any atom is -0.462 e. The normalized spacial score (nSPS) is 24.6. The maximum atomic E-state index is 13.1. The van der Waals surface area contributed by atoms with Gasteiger partial charge in [-0.25, -0.2) is 0 Å². The Labute approximate surface area is 458 Å². The molecular weight excluding hydrogens is 973 g/mol. The molecule has 0 aromatic rings. The number of carbonyl (C=O) groups is 2. The van der Waals surface area contributed by atoms with E-state index in [0.717, 1.165) is 70.6 Å². The van der Waals surface area contributed by atoms with Crippen LogP contribution in [-0.4, -0.2) is 142 Å². The minimum atomic E-state index is -1.77. The second-order valence-electron chi connectivity index (χ2n) is 21.2. The molecule has 2 rings (SSSR count). The number of aliphatic hydroxyl groups is 7. The van der Waals surface area contributed by atoms with Crippen molar-refractivity contribution in [2.75, 3.05) is 26.4 Å². The highest BCUT2D eigenvalue weighted by Crippen LogP contribution is 2.27. The van der Waals surface area contributed by atoms with Crippen molar-refractivity contribution in [2.45, 2.75) is 300 Å². The molecule has 0 radical (unpaired) electrons. The van der Waals surface area contributed by atoms with Gasteiger partial charge in [0.2, 0.25) is 0 Å². The summed E-state index contributed by atoms with van der Waals surface area (Å²) in [6.07, 6.45) is 38.5. The lowest BCUT2D eigenvalue weighted by Gasteiger charge is -2.42. The van der Waals surface area contributed by atoms with E-state index < -0.39 is 99.3 Å². The Hall–Kier alpha value is -2.54. The lowest BCUT2D eigenvalue weighted by Crippen LogP contribution is -2.61. The molecule has 0 aromatic heterocycles. The Kier molecular flexibility index (Phi) is 43.3. The highest BCUT2D eigenvalue weighted by atomic mass is 16.7. The number of carbonyl (C=O) groups excluding carboxylic acids is 2. The average Bonchev–Trinajstić information content (AvgIpc) is 3.41. The number of rotatable bonds is 48. The SMILES string of the molecule is CC/C=C\C/C=C\C/C=C\C/C=C\CCCCCCC(=O)OC(COC(=O)CCCCCCCCCCCCCCCCCCCCCCCCC)COC1OC(COC2OC(CO)C(O)C(O)C2O)C(O)C(O)C1O. The number of aliphatic hydroxyl groups excluding tert-OH is 7. The third kappa shape index (κ3) is 33.8. The fraction of sp³-hybridized carbons (Fsp3) is 0.836. The lowest BCUT2D eigenvalue weighted by molar-refractivity contribution is -0.332. The number of allylic oxidation sites excluding steroid dienone is 8. The van der Waals surface area contributed by atoms with Gasteiger partial charge in [-0.05, 0) is 51.4 Å². The third-order valence-corrected chi connectivity index (χ3v) is 14.3. The van der Waals surface area contributed by atoms with E-state index in [2.05, 4.69) is 62.5 Å². The Bertz CT molecular complexity index is 1500. The van der Waals surface area contributed by atoms with E-state index in [1.54, 1.807) is 0 Å². The van der Waals surface area contributed by atoms with Crippen molar-refractivity contribution in [1.82, 2.24) is 0 Å². The molecular formula is C61H108O15. The lowest BCUT2D eigenvalue weighted by atomic mass is 9.98. The summed E-state index contributed by atoms with van der Waals surface area (Å²) in [6.45, 7) is 2.49. The fourth-order valence-corrected chi connectivity index (χ4v) is 9.45. The third-order valence-electron chi connectivity index (χ3n) is 14.3. The van der Waals surface area contributed by atoms with Crippen LogP contribution in [0.2, 0.25) is 0 Å². The molecule has 15 heteroatoms. The molecule has 2 fully saturated rings. The van der Waals surface area contributed by atoms with E-state index in [-0.39, 0.29) is 19.4 Å². The molecule has 0 aromatic carbocycles. The van der Waals surface area contributed by atoms with Gasteiger partial charge in [-0.15, -0.1) is 0 Å². The van der Waals surface area contributed by atoms with Crippen molar-refractivity contribution in [3.05, 3.63) is 48.6 Å². The number of hydrogen-bond donors (Lipinski definition) is 7. The van der Waals surface area contributed by atoms with E-state index in [0.29, 0.717) is 12.8 Å². The molecule has 0 amide bonds. The molecule has 2 saturated heterocycles. The quantitative estimate of drug-likeness (QED) is 0.0171. The van der Waals surface area contributed by atoms with Crippen LogP contribution in [0.3, 0.4) is 0 Å². The monoisotopic (exact) mass is 1080 g/mol. The fourth-order valence-electron chi connectivity index (χ4n) is 9.45. The van der Waals surface area contributed by atoms with Gasteiger partial charge in [0, 0.05) is 12.8 Å². The highest BCUT2D eigenvalue weighted by molar-refractivity contribution is 5.70. The van der Waals surface area contributed by atoms with Crippen LogP contribution >= 0.6 is 0 Å². The smallest absolute Gasteiger partial charge is 0.306 e. The van der Waals surface area contributed by atoms with Crippen LogP contribution in [0.25, 0.3) is 0 Å². The Morgan fingerprint density at radius 1 is 0.434 bits per heavy atom. The van der Waals surface area contributed by atoms with E-state index in [9.17, 15) is 45.3 Å². The molecule has 11 atom stereocenters. The summed E-state index contributed by atoms with van der Waals surface area (Å²) >= 11 is 0. The second-order valence-corrected chi connectivity index (χ2v) is 21.2. The Balaban J connectivity index is 1.73. The van der Waals surface area contributed by atoms with Gasteiger partial charge >= 0.3 is 11.9 Å². The molecule has 2 aliphatic rings. The summed E-state index contributed by atoms with van der Waals surface area (Å²) < 4.78 is 33.7. The Morgan fingerprint density at radius 3 is 1.30 bits per heavy atom. The molecule has 0 spiro atoms.